The summed E-state index contributed by atoms with van der Waals surface area (Å²) in [6.07, 6.45) is -4.36. The van der Waals surface area contributed by atoms with Crippen molar-refractivity contribution in [3.8, 4) is 5.75 Å². The second kappa shape index (κ2) is 13.0. The third kappa shape index (κ3) is 8.10. The van der Waals surface area contributed by atoms with Crippen molar-refractivity contribution in [2.24, 2.45) is 0 Å². The van der Waals surface area contributed by atoms with E-state index in [4.69, 9.17) is 4.74 Å². The minimum atomic E-state index is -4.67. The predicted molar refractivity (Wildman–Crippen MR) is 136 cm³/mol. The molecule has 0 aromatic heterocycles. The number of benzene rings is 4. The molecule has 4 aromatic carbocycles. The summed E-state index contributed by atoms with van der Waals surface area (Å²) in [6.45, 7) is 3.33. The van der Waals surface area contributed by atoms with E-state index in [1.165, 1.54) is 49.0 Å². The fraction of sp³-hybridized carbons (Fsp3) is 0.133. The Kier molecular flexibility index (Phi) is 9.76. The maximum absolute atomic E-state index is 14.0. The number of hydrogen-bond acceptors (Lipinski definition) is 2. The van der Waals surface area contributed by atoms with Crippen molar-refractivity contribution in [1.29, 1.82) is 0 Å². The first kappa shape index (κ1) is 29.3. The van der Waals surface area contributed by atoms with E-state index in [0.29, 0.717) is 23.6 Å². The smallest absolute Gasteiger partial charge is 0.416 e. The van der Waals surface area contributed by atoms with Crippen LogP contribution in [-0.2, 0) is 12.6 Å². The molecule has 0 aliphatic rings. The van der Waals surface area contributed by atoms with Gasteiger partial charge in [-0.1, -0.05) is 55.1 Å². The number of methoxy groups -OCH3 is 1. The van der Waals surface area contributed by atoms with Gasteiger partial charge in [0.15, 0.2) is 11.6 Å². The normalized spacial score (nSPS) is 11.7. The van der Waals surface area contributed by atoms with Gasteiger partial charge in [-0.15, -0.1) is 4.48 Å². The lowest BCUT2D eigenvalue weighted by atomic mass is 9.85. The van der Waals surface area contributed by atoms with Crippen molar-refractivity contribution in [1.82, 2.24) is 5.54 Å². The van der Waals surface area contributed by atoms with Crippen LogP contribution in [0.3, 0.4) is 0 Å². The molecule has 4 aromatic rings. The van der Waals surface area contributed by atoms with E-state index in [-0.39, 0.29) is 17.0 Å². The third-order valence-corrected chi connectivity index (χ3v) is 5.80. The molecule has 0 aliphatic carbocycles. The van der Waals surface area contributed by atoms with Gasteiger partial charge in [-0.3, -0.25) is 0 Å². The molecule has 0 spiro atoms. The summed E-state index contributed by atoms with van der Waals surface area (Å²) in [5.74, 6) is -2.60. The number of hydrogen-bond donors (Lipinski definition) is 1. The Morgan fingerprint density at radius 2 is 1.54 bits per heavy atom. The van der Waals surface area contributed by atoms with Gasteiger partial charge in [0.05, 0.1) is 18.4 Å². The van der Waals surface area contributed by atoms with Gasteiger partial charge in [0.1, 0.15) is 11.6 Å². The SMILES string of the molecule is C=C(NF)c1cccc(F)c1.COc1cc([C@H](Cc2ccccc2)c2cc(F)cc(C(F)(F)F)c2)ccc1F. The Bertz CT molecular complexity index is 1400. The lowest BCUT2D eigenvalue weighted by Crippen LogP contribution is -2.11. The Labute approximate surface area is 221 Å². The van der Waals surface area contributed by atoms with Crippen molar-refractivity contribution in [2.75, 3.05) is 7.11 Å². The molecule has 0 fully saturated rings. The van der Waals surface area contributed by atoms with Crippen LogP contribution in [0.5, 0.6) is 5.75 Å². The lowest BCUT2D eigenvalue weighted by molar-refractivity contribution is -0.137. The first-order chi connectivity index (χ1) is 18.5. The van der Waals surface area contributed by atoms with Crippen LogP contribution in [-0.4, -0.2) is 7.11 Å². The summed E-state index contributed by atoms with van der Waals surface area (Å²) >= 11 is 0. The molecule has 4 rings (SSSR count). The highest BCUT2D eigenvalue weighted by Crippen LogP contribution is 2.36. The predicted octanol–water partition coefficient (Wildman–Crippen LogP) is 8.64. The maximum Gasteiger partial charge on any atom is 0.416 e. The van der Waals surface area contributed by atoms with Gasteiger partial charge in [0.25, 0.3) is 0 Å². The van der Waals surface area contributed by atoms with Crippen LogP contribution in [0, 0.1) is 17.5 Å². The second-order valence-electron chi connectivity index (χ2n) is 8.49. The number of alkyl halides is 3. The molecule has 0 bridgehead atoms. The van der Waals surface area contributed by atoms with Crippen molar-refractivity contribution < 1.29 is 35.6 Å². The van der Waals surface area contributed by atoms with Gasteiger partial charge in [0, 0.05) is 11.5 Å². The highest BCUT2D eigenvalue weighted by atomic mass is 19.4. The average Bonchev–Trinajstić information content (AvgIpc) is 2.92. The van der Waals surface area contributed by atoms with E-state index >= 15 is 0 Å². The topological polar surface area (TPSA) is 21.3 Å². The molecule has 0 saturated heterocycles. The Hall–Kier alpha value is -4.27. The Balaban J connectivity index is 0.000000320. The highest BCUT2D eigenvalue weighted by Gasteiger charge is 2.32. The van der Waals surface area contributed by atoms with Crippen LogP contribution in [0.25, 0.3) is 5.70 Å². The largest absolute Gasteiger partial charge is 0.494 e. The minimum Gasteiger partial charge on any atom is -0.494 e. The first-order valence-corrected chi connectivity index (χ1v) is 11.6. The van der Waals surface area contributed by atoms with Crippen LogP contribution >= 0.6 is 0 Å². The summed E-state index contributed by atoms with van der Waals surface area (Å²) in [5, 5.41) is 0. The molecule has 204 valence electrons. The van der Waals surface area contributed by atoms with E-state index in [9.17, 15) is 30.8 Å². The molecular weight excluding hydrogens is 523 g/mol. The van der Waals surface area contributed by atoms with E-state index in [0.717, 1.165) is 17.7 Å². The summed E-state index contributed by atoms with van der Waals surface area (Å²) in [5.41, 5.74) is 2.30. The van der Waals surface area contributed by atoms with Crippen LogP contribution in [0.1, 0.15) is 33.7 Å². The van der Waals surface area contributed by atoms with E-state index < -0.39 is 35.1 Å². The lowest BCUT2D eigenvalue weighted by Gasteiger charge is -2.21. The van der Waals surface area contributed by atoms with Crippen molar-refractivity contribution >= 4 is 5.70 Å². The Morgan fingerprint density at radius 1 is 0.821 bits per heavy atom. The minimum absolute atomic E-state index is 0.0250. The molecule has 1 N–H and O–H groups in total. The van der Waals surface area contributed by atoms with E-state index in [1.54, 1.807) is 6.07 Å². The summed E-state index contributed by atoms with van der Waals surface area (Å²) < 4.78 is 96.5. The number of nitrogens with one attached hydrogen (secondary N) is 1. The monoisotopic (exact) mass is 547 g/mol. The third-order valence-electron chi connectivity index (χ3n) is 5.80. The van der Waals surface area contributed by atoms with Gasteiger partial charge < -0.3 is 4.74 Å². The molecular formula is C30H24F7NO. The average molecular weight is 548 g/mol. The number of ether oxygens (including phenoxy) is 1. The fourth-order valence-corrected chi connectivity index (χ4v) is 3.88. The fourth-order valence-electron chi connectivity index (χ4n) is 3.88. The standard InChI is InChI=1S/C22H17F5O.C8H7F2N/c1-28-21-12-15(7-8-20(21)24)19(9-14-5-3-2-4-6-14)16-10-17(22(25,26)27)13-18(23)11-16;1-6(11-10)7-3-2-4-8(9)5-7/h2-8,10-13,19H,9H2,1H3;2-5,11H,1H2/t19-;/m0./s1. The molecule has 0 saturated carbocycles. The van der Waals surface area contributed by atoms with Crippen LogP contribution in [0.2, 0.25) is 0 Å². The summed E-state index contributed by atoms with van der Waals surface area (Å²) in [4.78, 5) is 0. The second-order valence-corrected chi connectivity index (χ2v) is 8.49. The van der Waals surface area contributed by atoms with E-state index in [2.05, 4.69) is 6.58 Å². The zero-order chi connectivity index (χ0) is 28.6. The summed E-state index contributed by atoms with van der Waals surface area (Å²) in [7, 11) is 1.30. The number of rotatable bonds is 7. The molecule has 0 radical (unpaired) electrons. The van der Waals surface area contributed by atoms with Gasteiger partial charge >= 0.3 is 6.18 Å². The molecule has 2 nitrogen and oxygen atoms in total. The number of halogens is 7. The first-order valence-electron chi connectivity index (χ1n) is 11.6. The van der Waals surface area contributed by atoms with E-state index in [1.807, 2.05) is 30.3 Å². The highest BCUT2D eigenvalue weighted by molar-refractivity contribution is 5.60. The molecule has 0 heterocycles. The van der Waals surface area contributed by atoms with Crippen LogP contribution < -0.4 is 10.3 Å². The van der Waals surface area contributed by atoms with Crippen LogP contribution in [0.15, 0.2) is 97.6 Å². The zero-order valence-electron chi connectivity index (χ0n) is 20.7. The molecule has 0 aliphatic heterocycles. The van der Waals surface area contributed by atoms with Crippen molar-refractivity contribution in [3.05, 3.63) is 143 Å². The summed E-state index contributed by atoms with van der Waals surface area (Å²) in [6, 6.07) is 21.2. The molecule has 39 heavy (non-hydrogen) atoms. The van der Waals surface area contributed by atoms with Crippen LogP contribution in [0.4, 0.5) is 30.8 Å². The van der Waals surface area contributed by atoms with Gasteiger partial charge in [0.2, 0.25) is 0 Å². The molecule has 0 amide bonds. The molecule has 0 unspecified atom stereocenters. The van der Waals surface area contributed by atoms with Crippen molar-refractivity contribution in [3.63, 3.8) is 0 Å². The van der Waals surface area contributed by atoms with Crippen molar-refractivity contribution in [2.45, 2.75) is 18.5 Å². The van der Waals surface area contributed by atoms with Gasteiger partial charge in [-0.2, -0.15) is 13.2 Å². The van der Waals surface area contributed by atoms with Gasteiger partial charge in [-0.05, 0) is 65.6 Å². The maximum atomic E-state index is 14.0. The van der Waals surface area contributed by atoms with Gasteiger partial charge in [-0.25, -0.2) is 18.7 Å². The Morgan fingerprint density at radius 3 is 2.15 bits per heavy atom. The zero-order valence-corrected chi connectivity index (χ0v) is 20.7. The molecule has 9 heteroatoms. The molecule has 1 atom stereocenters. The quantitative estimate of drug-likeness (QED) is 0.185.